The molecule has 1 fully saturated rings. The van der Waals surface area contributed by atoms with Gasteiger partial charge in [-0.15, -0.1) is 0 Å². The molecule has 1 aliphatic rings. The molecular formula is C16H16Cl2N6. The first-order valence-corrected chi connectivity index (χ1v) is 8.59. The zero-order valence-corrected chi connectivity index (χ0v) is 14.3. The van der Waals surface area contributed by atoms with Crippen LogP contribution in [0.3, 0.4) is 0 Å². The van der Waals surface area contributed by atoms with Crippen molar-refractivity contribution in [2.75, 3.05) is 18.4 Å². The predicted octanol–water partition coefficient (Wildman–Crippen LogP) is 3.80. The monoisotopic (exact) mass is 362 g/mol. The van der Waals surface area contributed by atoms with E-state index >= 15 is 0 Å². The first-order valence-electron chi connectivity index (χ1n) is 7.84. The van der Waals surface area contributed by atoms with Gasteiger partial charge in [-0.3, -0.25) is 0 Å². The second-order valence-electron chi connectivity index (χ2n) is 5.76. The van der Waals surface area contributed by atoms with Crippen molar-refractivity contribution in [1.82, 2.24) is 25.1 Å². The Morgan fingerprint density at radius 1 is 1.17 bits per heavy atom. The molecule has 0 unspecified atom stereocenters. The Balaban J connectivity index is 1.72. The van der Waals surface area contributed by atoms with Crippen LogP contribution in [0, 0.1) is 0 Å². The Morgan fingerprint density at radius 3 is 2.83 bits per heavy atom. The van der Waals surface area contributed by atoms with Crippen LogP contribution >= 0.6 is 23.2 Å². The topological polar surface area (TPSA) is 67.7 Å². The van der Waals surface area contributed by atoms with Gasteiger partial charge in [-0.1, -0.05) is 29.3 Å². The average Bonchev–Trinajstić information content (AvgIpc) is 3.05. The van der Waals surface area contributed by atoms with Gasteiger partial charge >= 0.3 is 0 Å². The van der Waals surface area contributed by atoms with Gasteiger partial charge in [0.05, 0.1) is 33.4 Å². The van der Waals surface area contributed by atoms with Crippen molar-refractivity contribution >= 4 is 45.7 Å². The number of anilines is 2. The normalized spacial score (nSPS) is 15.8. The van der Waals surface area contributed by atoms with Crippen molar-refractivity contribution in [1.29, 1.82) is 0 Å². The van der Waals surface area contributed by atoms with Gasteiger partial charge in [0, 0.05) is 0 Å². The highest BCUT2D eigenvalue weighted by molar-refractivity contribution is 6.43. The number of hydrogen-bond donors (Lipinski definition) is 2. The molecule has 4 rings (SSSR count). The van der Waals surface area contributed by atoms with E-state index in [0.29, 0.717) is 27.6 Å². The van der Waals surface area contributed by atoms with Crippen molar-refractivity contribution in [3.63, 3.8) is 0 Å². The van der Waals surface area contributed by atoms with Crippen LogP contribution in [-0.4, -0.2) is 32.8 Å². The van der Waals surface area contributed by atoms with E-state index in [2.05, 4.69) is 25.7 Å². The van der Waals surface area contributed by atoms with Crippen LogP contribution in [0.1, 0.15) is 18.9 Å². The summed E-state index contributed by atoms with van der Waals surface area (Å²) >= 11 is 12.3. The summed E-state index contributed by atoms with van der Waals surface area (Å²) in [4.78, 5) is 8.77. The summed E-state index contributed by atoms with van der Waals surface area (Å²) in [6, 6.07) is 5.81. The van der Waals surface area contributed by atoms with Gasteiger partial charge in [0.25, 0.3) is 0 Å². The van der Waals surface area contributed by atoms with E-state index in [-0.39, 0.29) is 0 Å². The maximum absolute atomic E-state index is 6.26. The van der Waals surface area contributed by atoms with E-state index < -0.39 is 0 Å². The standard InChI is InChI=1S/C16H16Cl2N6/c17-12-2-1-3-13(14(12)18)23-15-11-8-22-24(16(11)21-9-20-15)10-4-6-19-7-5-10/h1-3,8-10,19H,4-7H2,(H,20,21,23). The van der Waals surface area contributed by atoms with Crippen LogP contribution in [0.5, 0.6) is 0 Å². The van der Waals surface area contributed by atoms with Gasteiger partial charge in [0.15, 0.2) is 5.65 Å². The van der Waals surface area contributed by atoms with Crippen LogP contribution in [0.25, 0.3) is 11.0 Å². The fourth-order valence-corrected chi connectivity index (χ4v) is 3.36. The molecule has 0 atom stereocenters. The number of aromatic nitrogens is 4. The molecule has 3 aromatic rings. The summed E-state index contributed by atoms with van der Waals surface area (Å²) in [5.41, 5.74) is 1.54. The number of halogens is 2. The highest BCUT2D eigenvalue weighted by atomic mass is 35.5. The molecule has 1 aromatic carbocycles. The number of hydrogen-bond acceptors (Lipinski definition) is 5. The maximum atomic E-state index is 6.26. The molecule has 0 bridgehead atoms. The molecule has 6 nitrogen and oxygen atoms in total. The number of nitrogens with zero attached hydrogens (tertiary/aromatic N) is 4. The fourth-order valence-electron chi connectivity index (χ4n) is 3.01. The van der Waals surface area contributed by atoms with E-state index in [1.807, 2.05) is 16.8 Å². The van der Waals surface area contributed by atoms with Crippen molar-refractivity contribution in [3.8, 4) is 0 Å². The summed E-state index contributed by atoms with van der Waals surface area (Å²) in [6.45, 7) is 2.00. The molecule has 24 heavy (non-hydrogen) atoms. The average molecular weight is 363 g/mol. The molecule has 2 aromatic heterocycles. The largest absolute Gasteiger partial charge is 0.338 e. The van der Waals surface area contributed by atoms with Crippen LogP contribution in [-0.2, 0) is 0 Å². The smallest absolute Gasteiger partial charge is 0.163 e. The molecule has 0 amide bonds. The summed E-state index contributed by atoms with van der Waals surface area (Å²) in [5.74, 6) is 0.671. The highest BCUT2D eigenvalue weighted by Gasteiger charge is 2.20. The van der Waals surface area contributed by atoms with Crippen LogP contribution in [0.15, 0.2) is 30.7 Å². The van der Waals surface area contributed by atoms with Crippen molar-refractivity contribution in [2.24, 2.45) is 0 Å². The maximum Gasteiger partial charge on any atom is 0.163 e. The molecule has 1 aliphatic heterocycles. The number of fused-ring (bicyclic) bond motifs is 1. The van der Waals surface area contributed by atoms with E-state index in [9.17, 15) is 0 Å². The molecule has 1 saturated heterocycles. The third kappa shape index (κ3) is 2.81. The molecule has 2 N–H and O–H groups in total. The molecule has 124 valence electrons. The quantitative estimate of drug-likeness (QED) is 0.741. The zero-order valence-electron chi connectivity index (χ0n) is 12.8. The van der Waals surface area contributed by atoms with Gasteiger partial charge in [0.1, 0.15) is 12.1 Å². The summed E-state index contributed by atoms with van der Waals surface area (Å²) in [5, 5.41) is 13.0. The van der Waals surface area contributed by atoms with Gasteiger partial charge < -0.3 is 10.6 Å². The van der Waals surface area contributed by atoms with E-state index in [0.717, 1.165) is 37.0 Å². The second-order valence-corrected chi connectivity index (χ2v) is 6.54. The fraction of sp³-hybridized carbons (Fsp3) is 0.312. The molecule has 0 saturated carbocycles. The second kappa shape index (κ2) is 6.55. The Hall–Kier alpha value is -1.89. The van der Waals surface area contributed by atoms with Crippen LogP contribution in [0.4, 0.5) is 11.5 Å². The lowest BCUT2D eigenvalue weighted by atomic mass is 10.1. The van der Waals surface area contributed by atoms with E-state index in [1.54, 1.807) is 18.6 Å². The Bertz CT molecular complexity index is 872. The minimum atomic E-state index is 0.362. The van der Waals surface area contributed by atoms with Gasteiger partial charge in [-0.05, 0) is 38.1 Å². The minimum Gasteiger partial charge on any atom is -0.338 e. The third-order valence-electron chi connectivity index (χ3n) is 4.25. The summed E-state index contributed by atoms with van der Waals surface area (Å²) < 4.78 is 2.00. The molecule has 0 aliphatic carbocycles. The van der Waals surface area contributed by atoms with Crippen molar-refractivity contribution < 1.29 is 0 Å². The van der Waals surface area contributed by atoms with Crippen molar-refractivity contribution in [2.45, 2.75) is 18.9 Å². The van der Waals surface area contributed by atoms with E-state index in [4.69, 9.17) is 23.2 Å². The lowest BCUT2D eigenvalue weighted by Crippen LogP contribution is -2.29. The van der Waals surface area contributed by atoms with Crippen molar-refractivity contribution in [3.05, 3.63) is 40.8 Å². The lowest BCUT2D eigenvalue weighted by molar-refractivity contribution is 0.349. The third-order valence-corrected chi connectivity index (χ3v) is 5.07. The van der Waals surface area contributed by atoms with Crippen LogP contribution < -0.4 is 10.6 Å². The van der Waals surface area contributed by atoms with Gasteiger partial charge in [-0.2, -0.15) is 5.10 Å². The SMILES string of the molecule is Clc1cccc(Nc2ncnc3c2cnn3C2CCNCC2)c1Cl. The van der Waals surface area contributed by atoms with Crippen LogP contribution in [0.2, 0.25) is 10.0 Å². The highest BCUT2D eigenvalue weighted by Crippen LogP contribution is 2.33. The summed E-state index contributed by atoms with van der Waals surface area (Å²) in [7, 11) is 0. The van der Waals surface area contributed by atoms with E-state index in [1.165, 1.54) is 0 Å². The van der Waals surface area contributed by atoms with Gasteiger partial charge in [0.2, 0.25) is 0 Å². The first-order chi connectivity index (χ1) is 11.7. The lowest BCUT2D eigenvalue weighted by Gasteiger charge is -2.23. The Labute approximate surface area is 149 Å². The minimum absolute atomic E-state index is 0.362. The summed E-state index contributed by atoms with van der Waals surface area (Å²) in [6.07, 6.45) is 5.44. The molecule has 0 radical (unpaired) electrons. The zero-order chi connectivity index (χ0) is 16.5. The number of nitrogens with one attached hydrogen (secondary N) is 2. The molecule has 0 spiro atoms. The number of piperidine rings is 1. The first kappa shape index (κ1) is 15.6. The number of rotatable bonds is 3. The Morgan fingerprint density at radius 2 is 2.00 bits per heavy atom. The Kier molecular flexibility index (Phi) is 4.26. The predicted molar refractivity (Wildman–Crippen MR) is 96.2 cm³/mol. The molecule has 3 heterocycles. The van der Waals surface area contributed by atoms with Gasteiger partial charge in [-0.25, -0.2) is 14.6 Å². The number of benzene rings is 1. The molecule has 8 heteroatoms. The molecular weight excluding hydrogens is 347 g/mol.